The van der Waals surface area contributed by atoms with Crippen LogP contribution in [0.15, 0.2) is 11.3 Å². The quantitative estimate of drug-likeness (QED) is 0.575. The Balaban J connectivity index is 2.84. The minimum absolute atomic E-state index is 0.569. The van der Waals surface area contributed by atoms with Crippen molar-refractivity contribution in [1.29, 1.82) is 0 Å². The van der Waals surface area contributed by atoms with Gasteiger partial charge in [-0.15, -0.1) is 0 Å². The lowest BCUT2D eigenvalue weighted by molar-refractivity contribution is 0.171. The minimum atomic E-state index is -0.569. The van der Waals surface area contributed by atoms with Crippen molar-refractivity contribution in [3.63, 3.8) is 0 Å². The number of aromatic amines is 1. The Kier molecular flexibility index (Phi) is 3.49. The molecule has 0 aromatic carbocycles. The molecule has 0 saturated heterocycles. The maximum Gasteiger partial charge on any atom is 0.427 e. The third kappa shape index (κ3) is 2.59. The second kappa shape index (κ2) is 4.63. The fourth-order valence-electron chi connectivity index (χ4n) is 1.44. The molecule has 0 bridgehead atoms. The van der Waals surface area contributed by atoms with Crippen LogP contribution in [-0.2, 0) is 4.74 Å². The molecule has 0 saturated carbocycles. The Morgan fingerprint density at radius 3 is 2.67 bits per heavy atom. The van der Waals surface area contributed by atoms with Gasteiger partial charge in [-0.05, 0) is 26.3 Å². The molecular weight excluding hydrogens is 194 g/mol. The molecule has 0 aliphatic rings. The number of nitrogens with one attached hydrogen (secondary N) is 2. The maximum absolute atomic E-state index is 10.8. The molecule has 1 rings (SSSR count). The van der Waals surface area contributed by atoms with Gasteiger partial charge in [0.25, 0.3) is 0 Å². The number of nitrogens with zero attached hydrogens (tertiary/aromatic N) is 1. The van der Waals surface area contributed by atoms with Crippen LogP contribution in [0, 0.1) is 13.8 Å². The number of hydrazone groups is 1. The summed E-state index contributed by atoms with van der Waals surface area (Å²) in [7, 11) is 1.30. The fourth-order valence-corrected chi connectivity index (χ4v) is 1.44. The highest BCUT2D eigenvalue weighted by Gasteiger charge is 2.08. The molecule has 0 fully saturated rings. The highest BCUT2D eigenvalue weighted by molar-refractivity contribution is 6.01. The van der Waals surface area contributed by atoms with Crippen LogP contribution in [0.3, 0.4) is 0 Å². The molecular formula is C10H15N3O2. The molecule has 5 nitrogen and oxygen atoms in total. The number of aryl methyl sites for hydroxylation is 2. The topological polar surface area (TPSA) is 66.5 Å². The Hall–Kier alpha value is -1.78. The van der Waals surface area contributed by atoms with Crippen molar-refractivity contribution in [2.75, 3.05) is 7.11 Å². The van der Waals surface area contributed by atoms with Crippen molar-refractivity contribution in [2.24, 2.45) is 5.10 Å². The Bertz CT molecular complexity index is 374. The van der Waals surface area contributed by atoms with Gasteiger partial charge < -0.3 is 9.72 Å². The molecule has 0 spiro atoms. The van der Waals surface area contributed by atoms with Crippen LogP contribution in [0.2, 0.25) is 0 Å². The van der Waals surface area contributed by atoms with E-state index in [-0.39, 0.29) is 0 Å². The van der Waals surface area contributed by atoms with Crippen LogP contribution in [0.1, 0.15) is 23.7 Å². The van der Waals surface area contributed by atoms with E-state index in [2.05, 4.69) is 20.2 Å². The van der Waals surface area contributed by atoms with E-state index in [1.807, 2.05) is 27.0 Å². The molecule has 82 valence electrons. The molecule has 0 aliphatic carbocycles. The van der Waals surface area contributed by atoms with Crippen molar-refractivity contribution in [2.45, 2.75) is 20.8 Å². The fraction of sp³-hybridized carbons (Fsp3) is 0.400. The number of rotatable bonds is 2. The van der Waals surface area contributed by atoms with Gasteiger partial charge in [-0.1, -0.05) is 0 Å². The lowest BCUT2D eigenvalue weighted by Crippen LogP contribution is -2.19. The van der Waals surface area contributed by atoms with Gasteiger partial charge in [0.05, 0.1) is 12.8 Å². The van der Waals surface area contributed by atoms with Gasteiger partial charge in [-0.3, -0.25) is 0 Å². The number of hydrogen-bond donors (Lipinski definition) is 2. The number of aromatic nitrogens is 1. The van der Waals surface area contributed by atoms with E-state index >= 15 is 0 Å². The summed E-state index contributed by atoms with van der Waals surface area (Å²) in [5, 5.41) is 3.93. The van der Waals surface area contributed by atoms with Gasteiger partial charge in [0.15, 0.2) is 0 Å². The van der Waals surface area contributed by atoms with E-state index in [0.29, 0.717) is 0 Å². The highest BCUT2D eigenvalue weighted by Crippen LogP contribution is 2.12. The van der Waals surface area contributed by atoms with Crippen molar-refractivity contribution in [3.8, 4) is 0 Å². The Labute approximate surface area is 88.5 Å². The first-order chi connectivity index (χ1) is 7.06. The SMILES string of the molecule is COC(=O)N/N=C(\C)c1c(C)c[nH]c1C. The van der Waals surface area contributed by atoms with E-state index in [4.69, 9.17) is 0 Å². The van der Waals surface area contributed by atoms with Crippen molar-refractivity contribution in [3.05, 3.63) is 23.0 Å². The third-order valence-electron chi connectivity index (χ3n) is 2.14. The first-order valence-electron chi connectivity index (χ1n) is 4.59. The van der Waals surface area contributed by atoms with Crippen molar-refractivity contribution >= 4 is 11.8 Å². The predicted octanol–water partition coefficient (Wildman–Crippen LogP) is 1.71. The number of carbonyl (C=O) groups excluding carboxylic acids is 1. The summed E-state index contributed by atoms with van der Waals surface area (Å²) in [5.74, 6) is 0. The van der Waals surface area contributed by atoms with E-state index in [1.165, 1.54) is 7.11 Å². The van der Waals surface area contributed by atoms with Gasteiger partial charge >= 0.3 is 6.09 Å². The van der Waals surface area contributed by atoms with Gasteiger partial charge in [0.2, 0.25) is 0 Å². The molecule has 0 aliphatic heterocycles. The molecule has 0 radical (unpaired) electrons. The lowest BCUT2D eigenvalue weighted by atomic mass is 10.1. The summed E-state index contributed by atoms with van der Waals surface area (Å²) in [6, 6.07) is 0. The summed E-state index contributed by atoms with van der Waals surface area (Å²) in [4.78, 5) is 13.9. The number of ether oxygens (including phenoxy) is 1. The van der Waals surface area contributed by atoms with E-state index < -0.39 is 6.09 Å². The Morgan fingerprint density at radius 1 is 1.53 bits per heavy atom. The zero-order valence-electron chi connectivity index (χ0n) is 9.34. The van der Waals surface area contributed by atoms with Gasteiger partial charge in [-0.2, -0.15) is 5.10 Å². The molecule has 0 atom stereocenters. The zero-order chi connectivity index (χ0) is 11.4. The average Bonchev–Trinajstić information content (AvgIpc) is 2.54. The number of carbonyl (C=O) groups is 1. The summed E-state index contributed by atoms with van der Waals surface area (Å²) in [5.41, 5.74) is 6.18. The first-order valence-corrected chi connectivity index (χ1v) is 4.59. The van der Waals surface area contributed by atoms with Crippen LogP contribution in [-0.4, -0.2) is 23.9 Å². The normalized spacial score (nSPS) is 11.3. The van der Waals surface area contributed by atoms with Crippen LogP contribution in [0.4, 0.5) is 4.79 Å². The van der Waals surface area contributed by atoms with Crippen molar-refractivity contribution < 1.29 is 9.53 Å². The molecule has 15 heavy (non-hydrogen) atoms. The second-order valence-electron chi connectivity index (χ2n) is 3.27. The van der Waals surface area contributed by atoms with Crippen LogP contribution in [0.25, 0.3) is 0 Å². The molecule has 1 aromatic heterocycles. The minimum Gasteiger partial charge on any atom is -0.452 e. The summed E-state index contributed by atoms with van der Waals surface area (Å²) in [6.07, 6.45) is 1.34. The first kappa shape index (κ1) is 11.3. The highest BCUT2D eigenvalue weighted by atomic mass is 16.5. The largest absolute Gasteiger partial charge is 0.452 e. The van der Waals surface area contributed by atoms with Gasteiger partial charge in [0.1, 0.15) is 0 Å². The zero-order valence-corrected chi connectivity index (χ0v) is 9.34. The number of H-pyrrole nitrogens is 1. The molecule has 0 unspecified atom stereocenters. The molecule has 1 heterocycles. The average molecular weight is 209 g/mol. The molecule has 1 amide bonds. The van der Waals surface area contributed by atoms with Crippen LogP contribution >= 0.6 is 0 Å². The van der Waals surface area contributed by atoms with Crippen LogP contribution in [0.5, 0.6) is 0 Å². The Morgan fingerprint density at radius 2 is 2.20 bits per heavy atom. The summed E-state index contributed by atoms with van der Waals surface area (Å²) in [6.45, 7) is 5.77. The summed E-state index contributed by atoms with van der Waals surface area (Å²) >= 11 is 0. The summed E-state index contributed by atoms with van der Waals surface area (Å²) < 4.78 is 4.41. The lowest BCUT2D eigenvalue weighted by Gasteiger charge is -2.02. The van der Waals surface area contributed by atoms with E-state index in [9.17, 15) is 4.79 Å². The van der Waals surface area contributed by atoms with Crippen molar-refractivity contribution in [1.82, 2.24) is 10.4 Å². The number of amides is 1. The third-order valence-corrected chi connectivity index (χ3v) is 2.14. The number of methoxy groups -OCH3 is 1. The monoisotopic (exact) mass is 209 g/mol. The van der Waals surface area contributed by atoms with E-state index in [0.717, 1.165) is 22.5 Å². The standard InChI is InChI=1S/C10H15N3O2/c1-6-5-11-7(2)9(6)8(3)12-13-10(14)15-4/h5,11H,1-4H3,(H,13,14)/b12-8+. The van der Waals surface area contributed by atoms with E-state index in [1.54, 1.807) is 0 Å². The number of hydrogen-bond acceptors (Lipinski definition) is 3. The smallest absolute Gasteiger partial charge is 0.427 e. The molecule has 5 heteroatoms. The predicted molar refractivity (Wildman–Crippen MR) is 58.0 cm³/mol. The van der Waals surface area contributed by atoms with Gasteiger partial charge in [-0.25, -0.2) is 10.2 Å². The second-order valence-corrected chi connectivity index (χ2v) is 3.27. The molecule has 1 aromatic rings. The molecule has 2 N–H and O–H groups in total. The van der Waals surface area contributed by atoms with Gasteiger partial charge in [0, 0.05) is 17.5 Å². The van der Waals surface area contributed by atoms with Crippen LogP contribution < -0.4 is 5.43 Å². The maximum atomic E-state index is 10.8.